The second kappa shape index (κ2) is 5.87. The standard InChI is InChI=1S/C11H20F3NO/c1-8(6-9-4-2-3-5-9)15-7-10(16)11(12,13)14/h8-10,15-16H,2-7H2,1H3. The summed E-state index contributed by atoms with van der Waals surface area (Å²) in [4.78, 5) is 0. The first-order valence-electron chi connectivity index (χ1n) is 5.87. The van der Waals surface area contributed by atoms with Gasteiger partial charge in [0.15, 0.2) is 6.10 Å². The van der Waals surface area contributed by atoms with E-state index in [9.17, 15) is 13.2 Å². The van der Waals surface area contributed by atoms with Gasteiger partial charge in [-0.05, 0) is 19.3 Å². The van der Waals surface area contributed by atoms with E-state index in [4.69, 9.17) is 5.11 Å². The fraction of sp³-hybridized carbons (Fsp3) is 1.00. The molecule has 1 aliphatic carbocycles. The second-order valence-electron chi connectivity index (χ2n) is 4.75. The Morgan fingerprint density at radius 2 is 1.88 bits per heavy atom. The lowest BCUT2D eigenvalue weighted by Gasteiger charge is -2.21. The van der Waals surface area contributed by atoms with Gasteiger partial charge in [0.05, 0.1) is 0 Å². The van der Waals surface area contributed by atoms with Crippen LogP contribution in [0.25, 0.3) is 0 Å². The Kier molecular flexibility index (Phi) is 5.05. The summed E-state index contributed by atoms with van der Waals surface area (Å²) >= 11 is 0. The molecular formula is C11H20F3NO. The van der Waals surface area contributed by atoms with Crippen molar-refractivity contribution in [2.75, 3.05) is 6.54 Å². The van der Waals surface area contributed by atoms with Crippen molar-refractivity contribution in [3.8, 4) is 0 Å². The second-order valence-corrected chi connectivity index (χ2v) is 4.75. The summed E-state index contributed by atoms with van der Waals surface area (Å²) in [6.07, 6.45) is -1.00. The Bertz CT molecular complexity index is 202. The molecule has 0 radical (unpaired) electrons. The molecule has 0 aromatic heterocycles. The van der Waals surface area contributed by atoms with Gasteiger partial charge in [0, 0.05) is 12.6 Å². The zero-order valence-electron chi connectivity index (χ0n) is 9.56. The third-order valence-electron chi connectivity index (χ3n) is 3.20. The lowest BCUT2D eigenvalue weighted by Crippen LogP contribution is -2.42. The van der Waals surface area contributed by atoms with Crippen LogP contribution >= 0.6 is 0 Å². The molecule has 0 aliphatic heterocycles. The van der Waals surface area contributed by atoms with Gasteiger partial charge >= 0.3 is 6.18 Å². The van der Waals surface area contributed by atoms with Crippen LogP contribution in [-0.4, -0.2) is 30.0 Å². The molecule has 1 saturated carbocycles. The van der Waals surface area contributed by atoms with Gasteiger partial charge in [-0.25, -0.2) is 0 Å². The van der Waals surface area contributed by atoms with Crippen molar-refractivity contribution in [3.05, 3.63) is 0 Å². The van der Waals surface area contributed by atoms with Gasteiger partial charge in [-0.2, -0.15) is 13.2 Å². The third-order valence-corrected chi connectivity index (χ3v) is 3.20. The maximum absolute atomic E-state index is 12.0. The molecule has 16 heavy (non-hydrogen) atoms. The zero-order valence-corrected chi connectivity index (χ0v) is 9.56. The van der Waals surface area contributed by atoms with Gasteiger partial charge < -0.3 is 10.4 Å². The topological polar surface area (TPSA) is 32.3 Å². The molecule has 0 aromatic rings. The van der Waals surface area contributed by atoms with E-state index in [1.807, 2.05) is 6.92 Å². The number of halogens is 3. The summed E-state index contributed by atoms with van der Waals surface area (Å²) in [6, 6.07) is 0.0418. The number of aliphatic hydroxyl groups excluding tert-OH is 1. The van der Waals surface area contributed by atoms with Gasteiger partial charge in [-0.15, -0.1) is 0 Å². The molecule has 1 rings (SSSR count). The van der Waals surface area contributed by atoms with E-state index in [1.54, 1.807) is 0 Å². The van der Waals surface area contributed by atoms with Gasteiger partial charge in [-0.1, -0.05) is 25.7 Å². The van der Waals surface area contributed by atoms with Crippen LogP contribution in [0.3, 0.4) is 0 Å². The summed E-state index contributed by atoms with van der Waals surface area (Å²) in [6.45, 7) is 1.47. The Balaban J connectivity index is 2.16. The largest absolute Gasteiger partial charge is 0.415 e. The molecule has 0 saturated heterocycles. The van der Waals surface area contributed by atoms with Crippen LogP contribution in [0.2, 0.25) is 0 Å². The van der Waals surface area contributed by atoms with Crippen molar-refractivity contribution in [2.24, 2.45) is 5.92 Å². The van der Waals surface area contributed by atoms with Gasteiger partial charge in [0.2, 0.25) is 0 Å². The van der Waals surface area contributed by atoms with Crippen LogP contribution in [-0.2, 0) is 0 Å². The highest BCUT2D eigenvalue weighted by Gasteiger charge is 2.37. The number of rotatable bonds is 5. The minimum atomic E-state index is -4.51. The Morgan fingerprint density at radius 3 is 2.38 bits per heavy atom. The highest BCUT2D eigenvalue weighted by atomic mass is 19.4. The molecule has 2 unspecified atom stereocenters. The molecule has 1 aliphatic rings. The number of hydrogen-bond acceptors (Lipinski definition) is 2. The normalized spacial score (nSPS) is 22.3. The maximum atomic E-state index is 12.0. The third kappa shape index (κ3) is 4.70. The predicted octanol–water partition coefficient (Wildman–Crippen LogP) is 2.47. The molecule has 96 valence electrons. The van der Waals surface area contributed by atoms with Crippen LogP contribution in [0.15, 0.2) is 0 Å². The first-order chi connectivity index (χ1) is 7.39. The van der Waals surface area contributed by atoms with Crippen molar-refractivity contribution in [3.63, 3.8) is 0 Å². The Labute approximate surface area is 94.2 Å². The average Bonchev–Trinajstić information content (AvgIpc) is 2.65. The Morgan fingerprint density at radius 1 is 1.31 bits per heavy atom. The monoisotopic (exact) mass is 239 g/mol. The van der Waals surface area contributed by atoms with Crippen LogP contribution in [0, 0.1) is 5.92 Å². The first-order valence-corrected chi connectivity index (χ1v) is 5.87. The number of hydrogen-bond donors (Lipinski definition) is 2. The minimum absolute atomic E-state index is 0.0418. The van der Waals surface area contributed by atoms with E-state index in [0.29, 0.717) is 5.92 Å². The van der Waals surface area contributed by atoms with E-state index < -0.39 is 18.8 Å². The molecule has 2 N–H and O–H groups in total. The highest BCUT2D eigenvalue weighted by molar-refractivity contribution is 4.75. The molecule has 0 amide bonds. The fourth-order valence-electron chi connectivity index (χ4n) is 2.26. The molecule has 1 fully saturated rings. The quantitative estimate of drug-likeness (QED) is 0.772. The summed E-state index contributed by atoms with van der Waals surface area (Å²) in [5.41, 5.74) is 0. The number of nitrogens with one attached hydrogen (secondary N) is 1. The summed E-state index contributed by atoms with van der Waals surface area (Å²) in [5, 5.41) is 11.6. The van der Waals surface area contributed by atoms with E-state index in [2.05, 4.69) is 5.32 Å². The van der Waals surface area contributed by atoms with Gasteiger partial charge in [0.25, 0.3) is 0 Å². The molecule has 0 heterocycles. The van der Waals surface area contributed by atoms with Crippen molar-refractivity contribution in [2.45, 2.75) is 57.3 Å². The number of aliphatic hydroxyl groups is 1. The highest BCUT2D eigenvalue weighted by Crippen LogP contribution is 2.28. The summed E-state index contributed by atoms with van der Waals surface area (Å²) in [5.74, 6) is 0.644. The zero-order chi connectivity index (χ0) is 12.2. The van der Waals surface area contributed by atoms with Crippen LogP contribution in [0.1, 0.15) is 39.0 Å². The van der Waals surface area contributed by atoms with Crippen LogP contribution in [0.5, 0.6) is 0 Å². The lowest BCUT2D eigenvalue weighted by atomic mass is 9.99. The molecule has 2 atom stereocenters. The molecule has 5 heteroatoms. The number of alkyl halides is 3. The smallest absolute Gasteiger partial charge is 0.382 e. The summed E-state index contributed by atoms with van der Waals surface area (Å²) < 4.78 is 36.0. The molecule has 0 bridgehead atoms. The van der Waals surface area contributed by atoms with Crippen LogP contribution < -0.4 is 5.32 Å². The van der Waals surface area contributed by atoms with Crippen molar-refractivity contribution < 1.29 is 18.3 Å². The van der Waals surface area contributed by atoms with Gasteiger partial charge in [-0.3, -0.25) is 0 Å². The maximum Gasteiger partial charge on any atom is 0.415 e. The predicted molar refractivity (Wildman–Crippen MR) is 56.1 cm³/mol. The SMILES string of the molecule is CC(CC1CCCC1)NCC(O)C(F)(F)F. The lowest BCUT2D eigenvalue weighted by molar-refractivity contribution is -0.202. The first kappa shape index (κ1) is 13.8. The molecular weight excluding hydrogens is 219 g/mol. The van der Waals surface area contributed by atoms with Crippen molar-refractivity contribution >= 4 is 0 Å². The summed E-state index contributed by atoms with van der Waals surface area (Å²) in [7, 11) is 0. The molecule has 2 nitrogen and oxygen atoms in total. The van der Waals surface area contributed by atoms with Crippen LogP contribution in [0.4, 0.5) is 13.2 Å². The molecule has 0 aromatic carbocycles. The minimum Gasteiger partial charge on any atom is -0.382 e. The van der Waals surface area contributed by atoms with E-state index in [-0.39, 0.29) is 6.04 Å². The van der Waals surface area contributed by atoms with E-state index >= 15 is 0 Å². The molecule has 0 spiro atoms. The fourth-order valence-corrected chi connectivity index (χ4v) is 2.26. The Hall–Kier alpha value is -0.290. The van der Waals surface area contributed by atoms with Crippen molar-refractivity contribution in [1.29, 1.82) is 0 Å². The van der Waals surface area contributed by atoms with Crippen molar-refractivity contribution in [1.82, 2.24) is 5.32 Å². The van der Waals surface area contributed by atoms with Gasteiger partial charge in [0.1, 0.15) is 0 Å². The average molecular weight is 239 g/mol. The van der Waals surface area contributed by atoms with E-state index in [1.165, 1.54) is 25.7 Å². The van der Waals surface area contributed by atoms with E-state index in [0.717, 1.165) is 6.42 Å².